The Bertz CT molecular complexity index is 661. The summed E-state index contributed by atoms with van der Waals surface area (Å²) in [6, 6.07) is 8.22. The van der Waals surface area contributed by atoms with Gasteiger partial charge in [0, 0.05) is 32.7 Å². The van der Waals surface area contributed by atoms with E-state index < -0.39 is 9.84 Å². The lowest BCUT2D eigenvalue weighted by Gasteiger charge is -2.38. The molecule has 1 amide bonds. The van der Waals surface area contributed by atoms with Crippen LogP contribution in [-0.4, -0.2) is 75.3 Å². The van der Waals surface area contributed by atoms with E-state index >= 15 is 0 Å². The molecular weight excluding hydrogens is 340 g/mol. The number of carbonyl (C=O) groups excluding carboxylic acids is 1. The number of hydrogen-bond acceptors (Lipinski definition) is 5. The molecule has 0 unspecified atom stereocenters. The van der Waals surface area contributed by atoms with Crippen LogP contribution in [0.15, 0.2) is 35.2 Å². The van der Waals surface area contributed by atoms with Gasteiger partial charge in [0.2, 0.25) is 5.91 Å². The van der Waals surface area contributed by atoms with E-state index in [1.807, 2.05) is 14.1 Å². The molecule has 0 bridgehead atoms. The van der Waals surface area contributed by atoms with E-state index in [9.17, 15) is 18.3 Å². The van der Waals surface area contributed by atoms with Crippen molar-refractivity contribution in [3.05, 3.63) is 30.3 Å². The number of rotatable bonds is 7. The van der Waals surface area contributed by atoms with Gasteiger partial charge in [-0.15, -0.1) is 0 Å². The van der Waals surface area contributed by atoms with Gasteiger partial charge in [-0.1, -0.05) is 18.2 Å². The Morgan fingerprint density at radius 3 is 2.44 bits per heavy atom. The molecule has 1 aromatic rings. The molecule has 2 atom stereocenters. The summed E-state index contributed by atoms with van der Waals surface area (Å²) in [4.78, 5) is 16.6. The molecule has 2 rings (SSSR count). The van der Waals surface area contributed by atoms with Crippen LogP contribution in [0.3, 0.4) is 0 Å². The zero-order valence-corrected chi connectivity index (χ0v) is 15.8. The molecule has 1 saturated heterocycles. The Kier molecular flexibility index (Phi) is 6.98. The molecule has 0 aliphatic carbocycles. The van der Waals surface area contributed by atoms with Gasteiger partial charge in [-0.05, 0) is 44.5 Å². The molecule has 1 heterocycles. The fourth-order valence-corrected chi connectivity index (χ4v) is 4.68. The van der Waals surface area contributed by atoms with Gasteiger partial charge < -0.3 is 14.9 Å². The Hall–Kier alpha value is -1.44. The number of carbonyl (C=O) groups is 1. The maximum absolute atomic E-state index is 12.5. The summed E-state index contributed by atoms with van der Waals surface area (Å²) in [5.41, 5.74) is 0. The second kappa shape index (κ2) is 8.78. The average Bonchev–Trinajstić information content (AvgIpc) is 2.59. The molecule has 6 nitrogen and oxygen atoms in total. The topological polar surface area (TPSA) is 77.9 Å². The highest BCUT2D eigenvalue weighted by molar-refractivity contribution is 7.91. The summed E-state index contributed by atoms with van der Waals surface area (Å²) in [5.74, 6) is 0.0273. The average molecular weight is 368 g/mol. The van der Waals surface area contributed by atoms with Gasteiger partial charge in [0.05, 0.1) is 10.6 Å². The number of piperidine rings is 1. The number of aliphatic hydroxyl groups excluding tert-OH is 1. The predicted octanol–water partition coefficient (Wildman–Crippen LogP) is 0.869. The minimum atomic E-state index is -3.45. The number of likely N-dealkylation sites (tertiary alicyclic amines) is 1. The molecule has 1 aliphatic heterocycles. The highest BCUT2D eigenvalue weighted by Crippen LogP contribution is 2.23. The molecule has 0 saturated carbocycles. The van der Waals surface area contributed by atoms with Crippen LogP contribution in [0.4, 0.5) is 0 Å². The molecule has 1 N–H and O–H groups in total. The van der Waals surface area contributed by atoms with Crippen molar-refractivity contribution in [2.24, 2.45) is 11.8 Å². The maximum atomic E-state index is 12.5. The first-order valence-electron chi connectivity index (χ1n) is 8.63. The zero-order chi connectivity index (χ0) is 18.4. The molecule has 0 radical (unpaired) electrons. The van der Waals surface area contributed by atoms with Crippen molar-refractivity contribution in [3.63, 3.8) is 0 Å². The normalized spacial score (nSPS) is 21.5. The molecule has 0 spiro atoms. The number of hydrogen-bond donors (Lipinski definition) is 1. The summed E-state index contributed by atoms with van der Waals surface area (Å²) in [6.45, 7) is 2.03. The van der Waals surface area contributed by atoms with Gasteiger partial charge in [-0.3, -0.25) is 4.79 Å². The van der Waals surface area contributed by atoms with Gasteiger partial charge in [-0.2, -0.15) is 0 Å². The minimum Gasteiger partial charge on any atom is -0.396 e. The second-order valence-corrected chi connectivity index (χ2v) is 9.20. The van der Waals surface area contributed by atoms with E-state index in [-0.39, 0.29) is 35.5 Å². The molecule has 140 valence electrons. The van der Waals surface area contributed by atoms with Gasteiger partial charge in [0.1, 0.15) is 0 Å². The zero-order valence-electron chi connectivity index (χ0n) is 15.0. The molecule has 1 aliphatic rings. The number of amides is 1. The second-order valence-electron chi connectivity index (χ2n) is 7.09. The van der Waals surface area contributed by atoms with Crippen LogP contribution in [0.1, 0.15) is 12.8 Å². The predicted molar refractivity (Wildman–Crippen MR) is 96.9 cm³/mol. The van der Waals surface area contributed by atoms with Crippen LogP contribution in [0.5, 0.6) is 0 Å². The Morgan fingerprint density at radius 2 is 1.84 bits per heavy atom. The summed E-state index contributed by atoms with van der Waals surface area (Å²) >= 11 is 0. The summed E-state index contributed by atoms with van der Waals surface area (Å²) in [7, 11) is 0.524. The van der Waals surface area contributed by atoms with Crippen molar-refractivity contribution in [1.82, 2.24) is 9.80 Å². The summed E-state index contributed by atoms with van der Waals surface area (Å²) in [5, 5.41) is 9.50. The van der Waals surface area contributed by atoms with Gasteiger partial charge in [0.15, 0.2) is 9.84 Å². The monoisotopic (exact) mass is 368 g/mol. The van der Waals surface area contributed by atoms with Crippen molar-refractivity contribution in [1.29, 1.82) is 0 Å². The van der Waals surface area contributed by atoms with E-state index in [1.54, 1.807) is 35.2 Å². The van der Waals surface area contributed by atoms with Crippen LogP contribution in [0, 0.1) is 11.8 Å². The van der Waals surface area contributed by atoms with E-state index in [4.69, 9.17) is 0 Å². The van der Waals surface area contributed by atoms with Crippen molar-refractivity contribution < 1.29 is 18.3 Å². The Labute approximate surface area is 150 Å². The van der Waals surface area contributed by atoms with Crippen molar-refractivity contribution in [3.8, 4) is 0 Å². The van der Waals surface area contributed by atoms with Crippen LogP contribution in [0.2, 0.25) is 0 Å². The molecule has 1 aromatic carbocycles. The summed E-state index contributed by atoms with van der Waals surface area (Å²) < 4.78 is 24.7. The molecule has 7 heteroatoms. The molecule has 25 heavy (non-hydrogen) atoms. The van der Waals surface area contributed by atoms with Crippen LogP contribution < -0.4 is 0 Å². The highest BCUT2D eigenvalue weighted by atomic mass is 32.2. The fraction of sp³-hybridized carbons (Fsp3) is 0.611. The van der Waals surface area contributed by atoms with E-state index in [0.717, 1.165) is 13.0 Å². The third-order valence-electron chi connectivity index (χ3n) is 4.55. The van der Waals surface area contributed by atoms with E-state index in [1.165, 1.54) is 0 Å². The minimum absolute atomic E-state index is 0.0237. The fourth-order valence-electron chi connectivity index (χ4n) is 3.43. The van der Waals surface area contributed by atoms with Gasteiger partial charge >= 0.3 is 0 Å². The van der Waals surface area contributed by atoms with Crippen molar-refractivity contribution in [2.75, 3.05) is 46.1 Å². The van der Waals surface area contributed by atoms with E-state index in [0.29, 0.717) is 19.0 Å². The van der Waals surface area contributed by atoms with Crippen LogP contribution in [-0.2, 0) is 14.6 Å². The van der Waals surface area contributed by atoms with Crippen LogP contribution >= 0.6 is 0 Å². The smallest absolute Gasteiger partial charge is 0.223 e. The first kappa shape index (κ1) is 19.9. The maximum Gasteiger partial charge on any atom is 0.223 e. The lowest BCUT2D eigenvalue weighted by atomic mass is 9.89. The number of benzene rings is 1. The third-order valence-corrected chi connectivity index (χ3v) is 6.28. The Morgan fingerprint density at radius 1 is 1.20 bits per heavy atom. The van der Waals surface area contributed by atoms with Gasteiger partial charge in [0.25, 0.3) is 0 Å². The molecular formula is C18H28N2O4S. The standard InChI is InChI=1S/C18H28N2O4S/c1-19(2)11-15-10-16(14-21)13-20(12-15)18(22)8-9-25(23,24)17-6-4-3-5-7-17/h3-7,15-16,21H,8-14H2,1-2H3/t15-,16+/m1/s1. The number of nitrogens with zero attached hydrogens (tertiary/aromatic N) is 2. The van der Waals surface area contributed by atoms with Gasteiger partial charge in [-0.25, -0.2) is 8.42 Å². The van der Waals surface area contributed by atoms with E-state index in [2.05, 4.69) is 4.90 Å². The lowest BCUT2D eigenvalue weighted by molar-refractivity contribution is -0.134. The van der Waals surface area contributed by atoms with Crippen molar-refractivity contribution >= 4 is 15.7 Å². The van der Waals surface area contributed by atoms with Crippen molar-refractivity contribution in [2.45, 2.75) is 17.7 Å². The molecule has 1 fully saturated rings. The first-order chi connectivity index (χ1) is 11.8. The summed E-state index contributed by atoms with van der Waals surface area (Å²) in [6.07, 6.45) is 0.866. The number of aliphatic hydroxyl groups is 1. The lowest BCUT2D eigenvalue weighted by Crippen LogP contribution is -2.47. The Balaban J connectivity index is 1.97. The quantitative estimate of drug-likeness (QED) is 0.773. The largest absolute Gasteiger partial charge is 0.396 e. The highest BCUT2D eigenvalue weighted by Gasteiger charge is 2.30. The molecule has 0 aromatic heterocycles. The number of sulfone groups is 1. The first-order valence-corrected chi connectivity index (χ1v) is 10.3. The van der Waals surface area contributed by atoms with Crippen LogP contribution in [0.25, 0.3) is 0 Å². The SMILES string of the molecule is CN(C)C[C@H]1C[C@H](CO)CN(C(=O)CCS(=O)(=O)c2ccccc2)C1. The third kappa shape index (κ3) is 5.80.